The lowest BCUT2D eigenvalue weighted by Gasteiger charge is -2.30. The number of amides is 1. The third kappa shape index (κ3) is 5.13. The van der Waals surface area contributed by atoms with Gasteiger partial charge in [-0.05, 0) is 61.0 Å². The van der Waals surface area contributed by atoms with Crippen molar-refractivity contribution in [1.29, 1.82) is 0 Å². The highest BCUT2D eigenvalue weighted by atomic mass is 79.9. The van der Waals surface area contributed by atoms with Gasteiger partial charge in [-0.25, -0.2) is 4.99 Å². The Bertz CT molecular complexity index is 1720. The van der Waals surface area contributed by atoms with Crippen LogP contribution in [0.1, 0.15) is 37.9 Å². The summed E-state index contributed by atoms with van der Waals surface area (Å²) in [5.41, 5.74) is 0.622. The Kier molecular flexibility index (Phi) is 8.45. The number of hydrogen-bond acceptors (Lipinski definition) is 9. The van der Waals surface area contributed by atoms with Crippen LogP contribution in [0.3, 0.4) is 0 Å². The van der Waals surface area contributed by atoms with Gasteiger partial charge in [-0.3, -0.25) is 24.3 Å². The number of aromatic hydroxyl groups is 1. The normalized spacial score (nSPS) is 14.9. The van der Waals surface area contributed by atoms with Crippen molar-refractivity contribution in [2.45, 2.75) is 26.8 Å². The first-order valence-corrected chi connectivity index (χ1v) is 13.9. The van der Waals surface area contributed by atoms with Crippen LogP contribution in [0.2, 0.25) is 0 Å². The van der Waals surface area contributed by atoms with Crippen LogP contribution in [0.25, 0.3) is 6.08 Å². The van der Waals surface area contributed by atoms with Crippen LogP contribution >= 0.6 is 27.3 Å². The SMILES string of the molecule is CCN(CC)C(=O)C1=C(C)N=c2s/c(=C/c3cc([N+](=O)[O-])cc(Br)c3O)c(=O)n2[C@@H]1c1cc(OC)ccc1OC. The van der Waals surface area contributed by atoms with Gasteiger partial charge in [0.15, 0.2) is 4.80 Å². The van der Waals surface area contributed by atoms with Crippen molar-refractivity contribution in [3.8, 4) is 17.2 Å². The molecule has 13 heteroatoms. The van der Waals surface area contributed by atoms with Crippen molar-refractivity contribution in [3.05, 3.63) is 87.0 Å². The number of phenolic OH excluding ortho intramolecular Hbond substituents is 1. The lowest BCUT2D eigenvalue weighted by atomic mass is 9.93. The molecule has 0 saturated heterocycles. The van der Waals surface area contributed by atoms with Crippen molar-refractivity contribution in [2.75, 3.05) is 27.3 Å². The molecule has 0 saturated carbocycles. The van der Waals surface area contributed by atoms with E-state index >= 15 is 0 Å². The number of carbonyl (C=O) groups is 1. The van der Waals surface area contributed by atoms with Crippen molar-refractivity contribution in [1.82, 2.24) is 9.47 Å². The molecule has 0 aliphatic carbocycles. The third-order valence-corrected chi connectivity index (χ3v) is 8.20. The number of fused-ring (bicyclic) bond motifs is 1. The van der Waals surface area contributed by atoms with Crippen molar-refractivity contribution in [2.24, 2.45) is 4.99 Å². The molecule has 3 aromatic rings. The molecule has 40 heavy (non-hydrogen) atoms. The summed E-state index contributed by atoms with van der Waals surface area (Å²) in [6.07, 6.45) is 1.38. The molecule has 11 nitrogen and oxygen atoms in total. The second-order valence-corrected chi connectivity index (χ2v) is 10.7. The van der Waals surface area contributed by atoms with E-state index in [-0.39, 0.29) is 31.9 Å². The van der Waals surface area contributed by atoms with Crippen molar-refractivity contribution >= 4 is 44.9 Å². The molecule has 2 heterocycles. The van der Waals surface area contributed by atoms with Gasteiger partial charge in [0.25, 0.3) is 17.2 Å². The molecule has 0 unspecified atom stereocenters. The molecule has 2 aromatic carbocycles. The van der Waals surface area contributed by atoms with E-state index in [0.717, 1.165) is 11.3 Å². The number of non-ortho nitro benzene ring substituents is 1. The Morgan fingerprint density at radius 3 is 2.55 bits per heavy atom. The maximum Gasteiger partial charge on any atom is 0.271 e. The summed E-state index contributed by atoms with van der Waals surface area (Å²) in [5.74, 6) is 0.431. The van der Waals surface area contributed by atoms with Crippen LogP contribution in [-0.4, -0.2) is 52.7 Å². The molecule has 1 aliphatic heterocycles. The first-order valence-electron chi connectivity index (χ1n) is 12.3. The lowest BCUT2D eigenvalue weighted by Crippen LogP contribution is -2.43. The summed E-state index contributed by atoms with van der Waals surface area (Å²) in [6.45, 7) is 6.38. The number of nitro benzene ring substituents is 1. The molecule has 1 amide bonds. The van der Waals surface area contributed by atoms with Gasteiger partial charge >= 0.3 is 0 Å². The van der Waals surface area contributed by atoms with Crippen LogP contribution in [0.5, 0.6) is 17.2 Å². The number of methoxy groups -OCH3 is 2. The molecule has 210 valence electrons. The highest BCUT2D eigenvalue weighted by molar-refractivity contribution is 9.10. The topological polar surface area (TPSA) is 137 Å². The number of hydrogen-bond donors (Lipinski definition) is 1. The standard InChI is InChI=1S/C27H27BrN4O7S/c1-6-30(7-2)26(35)22-14(3)29-27-31(23(22)18-13-17(38-4)8-9-20(18)39-5)25(34)21(40-27)11-15-10-16(32(36)37)12-19(28)24(15)33/h8-13,23,33H,6-7H2,1-5H3/b21-11+/t23-/m1/s1. The molecule has 0 bridgehead atoms. The third-order valence-electron chi connectivity index (χ3n) is 6.61. The summed E-state index contributed by atoms with van der Waals surface area (Å²) in [5, 5.41) is 22.0. The van der Waals surface area contributed by atoms with E-state index in [2.05, 4.69) is 20.9 Å². The van der Waals surface area contributed by atoms with Crippen molar-refractivity contribution < 1.29 is 24.3 Å². The van der Waals surface area contributed by atoms with Crippen molar-refractivity contribution in [3.63, 3.8) is 0 Å². The highest BCUT2D eigenvalue weighted by Gasteiger charge is 2.36. The second-order valence-electron chi connectivity index (χ2n) is 8.79. The maximum atomic E-state index is 14.0. The van der Waals surface area contributed by atoms with Gasteiger partial charge in [0.2, 0.25) is 0 Å². The molecular weight excluding hydrogens is 604 g/mol. The zero-order valence-corrected chi connectivity index (χ0v) is 24.8. The number of rotatable bonds is 8. The Morgan fingerprint density at radius 1 is 1.25 bits per heavy atom. The van der Waals surface area contributed by atoms with Gasteiger partial charge in [0, 0.05) is 36.3 Å². The summed E-state index contributed by atoms with van der Waals surface area (Å²) in [4.78, 5) is 45.2. The number of aromatic nitrogens is 1. The smallest absolute Gasteiger partial charge is 0.271 e. The molecular formula is C27H27BrN4O7S. The molecule has 1 aromatic heterocycles. The molecule has 0 radical (unpaired) electrons. The number of thiazole rings is 1. The molecule has 0 spiro atoms. The molecule has 0 fully saturated rings. The van der Waals surface area contributed by atoms with E-state index in [1.165, 1.54) is 37.0 Å². The predicted octanol–water partition coefficient (Wildman–Crippen LogP) is 3.50. The van der Waals surface area contributed by atoms with Crippen LogP contribution in [0, 0.1) is 10.1 Å². The van der Waals surface area contributed by atoms with E-state index in [0.29, 0.717) is 46.2 Å². The fourth-order valence-corrected chi connectivity index (χ4v) is 6.09. The number of benzene rings is 2. The molecule has 4 rings (SSSR count). The summed E-state index contributed by atoms with van der Waals surface area (Å²) in [6, 6.07) is 6.61. The zero-order chi connectivity index (χ0) is 29.3. The zero-order valence-electron chi connectivity index (χ0n) is 22.4. The lowest BCUT2D eigenvalue weighted by molar-refractivity contribution is -0.385. The first-order chi connectivity index (χ1) is 19.1. The van der Waals surface area contributed by atoms with Crippen LogP contribution in [0.4, 0.5) is 5.69 Å². The second kappa shape index (κ2) is 11.6. The quantitative estimate of drug-likeness (QED) is 0.297. The average Bonchev–Trinajstić information content (AvgIpc) is 3.24. The van der Waals surface area contributed by atoms with Crippen LogP contribution in [-0.2, 0) is 4.79 Å². The first kappa shape index (κ1) is 29.0. The predicted molar refractivity (Wildman–Crippen MR) is 154 cm³/mol. The summed E-state index contributed by atoms with van der Waals surface area (Å²) < 4.78 is 12.8. The summed E-state index contributed by atoms with van der Waals surface area (Å²) >= 11 is 4.18. The monoisotopic (exact) mass is 630 g/mol. The Morgan fingerprint density at radius 2 is 1.95 bits per heavy atom. The number of allylic oxidation sites excluding steroid dienone is 1. The number of ether oxygens (including phenoxy) is 2. The van der Waals surface area contributed by atoms with E-state index in [1.807, 2.05) is 13.8 Å². The fourth-order valence-electron chi connectivity index (χ4n) is 4.59. The fraction of sp³-hybridized carbons (Fsp3) is 0.296. The maximum absolute atomic E-state index is 14.0. The minimum Gasteiger partial charge on any atom is -0.506 e. The largest absolute Gasteiger partial charge is 0.506 e. The minimum atomic E-state index is -0.901. The van der Waals surface area contributed by atoms with E-state index in [4.69, 9.17) is 9.47 Å². The van der Waals surface area contributed by atoms with E-state index < -0.39 is 16.5 Å². The molecule has 1 atom stereocenters. The molecule has 1 N–H and O–H groups in total. The Balaban J connectivity index is 2.05. The summed E-state index contributed by atoms with van der Waals surface area (Å²) in [7, 11) is 3.02. The number of nitro groups is 1. The van der Waals surface area contributed by atoms with Gasteiger partial charge in [-0.15, -0.1) is 0 Å². The number of phenols is 1. The highest BCUT2D eigenvalue weighted by Crippen LogP contribution is 2.38. The van der Waals surface area contributed by atoms with Gasteiger partial charge in [0.05, 0.1) is 39.4 Å². The van der Waals surface area contributed by atoms with Gasteiger partial charge < -0.3 is 19.5 Å². The number of carbonyl (C=O) groups excluding carboxylic acids is 1. The average molecular weight is 632 g/mol. The van der Waals surface area contributed by atoms with Gasteiger partial charge in [-0.2, -0.15) is 0 Å². The van der Waals surface area contributed by atoms with E-state index in [1.54, 1.807) is 30.0 Å². The van der Waals surface area contributed by atoms with Gasteiger partial charge in [0.1, 0.15) is 23.3 Å². The Hall–Kier alpha value is -3.97. The van der Waals surface area contributed by atoms with Gasteiger partial charge in [-0.1, -0.05) is 11.3 Å². The number of halogens is 1. The molecule has 1 aliphatic rings. The van der Waals surface area contributed by atoms with Crippen LogP contribution < -0.4 is 24.4 Å². The van der Waals surface area contributed by atoms with E-state index in [9.17, 15) is 24.8 Å². The van der Waals surface area contributed by atoms with Crippen LogP contribution in [0.15, 0.2) is 55.9 Å². The Labute approximate surface area is 241 Å². The number of nitrogens with zero attached hydrogens (tertiary/aromatic N) is 4. The number of likely N-dealkylation sites (N-methyl/N-ethyl adjacent to an activating group) is 1. The minimum absolute atomic E-state index is 0.0806.